The van der Waals surface area contributed by atoms with E-state index in [0.29, 0.717) is 0 Å². The normalized spacial score (nSPS) is 12.2. The Morgan fingerprint density at radius 2 is 2.11 bits per heavy atom. The van der Waals surface area contributed by atoms with Crippen molar-refractivity contribution in [2.24, 2.45) is 12.1 Å². The molecule has 0 atom stereocenters. The van der Waals surface area contributed by atoms with Crippen LogP contribution in [0.25, 0.3) is 17.2 Å². The molecule has 2 aromatic heterocycles. The lowest BCUT2D eigenvalue weighted by atomic mass is 10.2. The Labute approximate surface area is 161 Å². The minimum atomic E-state index is -0.573. The van der Waals surface area contributed by atoms with Crippen LogP contribution in [0.2, 0.25) is 0 Å². The number of aryl methyl sites for hydroxylation is 1. The van der Waals surface area contributed by atoms with Crippen LogP contribution in [0, 0.1) is 0 Å². The van der Waals surface area contributed by atoms with Crippen molar-refractivity contribution in [3.63, 3.8) is 0 Å². The number of aromatic amines is 1. The fourth-order valence-corrected chi connectivity index (χ4v) is 2.90. The summed E-state index contributed by atoms with van der Waals surface area (Å²) in [6.07, 6.45) is 3.43. The van der Waals surface area contributed by atoms with Crippen LogP contribution in [0.15, 0.2) is 49.5 Å². The molecule has 0 bridgehead atoms. The van der Waals surface area contributed by atoms with E-state index in [-0.39, 0.29) is 30.3 Å². The van der Waals surface area contributed by atoms with Gasteiger partial charge in [-0.3, -0.25) is 14.3 Å². The summed E-state index contributed by atoms with van der Waals surface area (Å²) in [5.41, 5.74) is 3.00. The van der Waals surface area contributed by atoms with E-state index in [1.54, 1.807) is 6.21 Å². The lowest BCUT2D eigenvalue weighted by Crippen LogP contribution is -2.29. The number of nitrogens with one attached hydrogen (secondary N) is 2. The van der Waals surface area contributed by atoms with Crippen LogP contribution in [-0.4, -0.2) is 37.0 Å². The van der Waals surface area contributed by atoms with Gasteiger partial charge in [0.2, 0.25) is 5.95 Å². The van der Waals surface area contributed by atoms with Gasteiger partial charge in [-0.25, -0.2) is 10.2 Å². The maximum atomic E-state index is 12.2. The van der Waals surface area contributed by atoms with Gasteiger partial charge >= 0.3 is 5.69 Å². The summed E-state index contributed by atoms with van der Waals surface area (Å²) < 4.78 is 3.42. The molecule has 0 aliphatic heterocycles. The molecule has 1 aromatic carbocycles. The highest BCUT2D eigenvalue weighted by atomic mass is 79.9. The number of rotatable bonds is 6. The molecule has 140 valence electrons. The van der Waals surface area contributed by atoms with Gasteiger partial charge in [0, 0.05) is 18.1 Å². The molecule has 0 amide bonds. The molecule has 0 aliphatic carbocycles. The van der Waals surface area contributed by atoms with Crippen molar-refractivity contribution in [3.8, 4) is 0 Å². The minimum Gasteiger partial charge on any atom is -0.395 e. The van der Waals surface area contributed by atoms with Crippen molar-refractivity contribution in [3.05, 3.63) is 61.2 Å². The zero-order valence-corrected chi connectivity index (χ0v) is 16.0. The fourth-order valence-electron chi connectivity index (χ4n) is 2.54. The van der Waals surface area contributed by atoms with Crippen molar-refractivity contribution in [2.45, 2.75) is 6.54 Å². The average Bonchev–Trinajstić information content (AvgIpc) is 3.00. The van der Waals surface area contributed by atoms with E-state index in [4.69, 9.17) is 0 Å². The van der Waals surface area contributed by atoms with Crippen LogP contribution in [-0.2, 0) is 13.6 Å². The number of imidazole rings is 1. The zero-order valence-electron chi connectivity index (χ0n) is 14.4. The number of hydrogen-bond donors (Lipinski definition) is 3. The first kappa shape index (κ1) is 18.8. The molecular formula is C17H17BrN6O3. The van der Waals surface area contributed by atoms with Crippen LogP contribution in [0.3, 0.4) is 0 Å². The van der Waals surface area contributed by atoms with E-state index < -0.39 is 11.2 Å². The summed E-state index contributed by atoms with van der Waals surface area (Å²) in [5.74, 6) is 0.238. The maximum absolute atomic E-state index is 12.2. The number of allylic oxidation sites excluding steroid dienone is 1. The predicted molar refractivity (Wildman–Crippen MR) is 108 cm³/mol. The van der Waals surface area contributed by atoms with Gasteiger partial charge in [0.1, 0.15) is 0 Å². The van der Waals surface area contributed by atoms with Gasteiger partial charge in [-0.1, -0.05) is 30.3 Å². The number of aliphatic hydroxyl groups is 1. The van der Waals surface area contributed by atoms with Crippen LogP contribution < -0.4 is 16.7 Å². The van der Waals surface area contributed by atoms with Crippen LogP contribution in [0.5, 0.6) is 0 Å². The lowest BCUT2D eigenvalue weighted by Gasteiger charge is -2.05. The third-order valence-corrected chi connectivity index (χ3v) is 4.22. The number of anilines is 1. The second-order valence-corrected chi connectivity index (χ2v) is 6.53. The molecule has 0 radical (unpaired) electrons. The van der Waals surface area contributed by atoms with Crippen molar-refractivity contribution in [2.75, 3.05) is 12.0 Å². The number of benzene rings is 1. The second-order valence-electron chi connectivity index (χ2n) is 5.61. The quantitative estimate of drug-likeness (QED) is 0.400. The molecule has 0 aliphatic rings. The largest absolute Gasteiger partial charge is 0.395 e. The molecule has 2 heterocycles. The van der Waals surface area contributed by atoms with Gasteiger partial charge in [0.25, 0.3) is 5.56 Å². The third kappa shape index (κ3) is 4.07. The van der Waals surface area contributed by atoms with E-state index >= 15 is 0 Å². The summed E-state index contributed by atoms with van der Waals surface area (Å²) in [7, 11) is 1.50. The molecule has 3 rings (SSSR count). The number of nitrogens with zero attached hydrogens (tertiary/aromatic N) is 4. The van der Waals surface area contributed by atoms with Crippen molar-refractivity contribution in [1.82, 2.24) is 19.1 Å². The summed E-state index contributed by atoms with van der Waals surface area (Å²) >= 11 is 3.41. The molecule has 9 nitrogen and oxygen atoms in total. The standard InChI is InChI=1S/C17H17BrN6O3/c1-23-14-13(15(26)21-17(23)27)24(7-8-25)16(20-14)22-19-10-12(18)9-11-5-3-2-4-6-11/h2-6,9-10,25H,7-8H2,1H3,(H,20,22)(H,21,26,27)/b12-9-,19-10-. The molecular weight excluding hydrogens is 416 g/mol. The number of hydrogen-bond acceptors (Lipinski definition) is 6. The Hall–Kier alpha value is -2.98. The molecule has 0 saturated heterocycles. The Kier molecular flexibility index (Phi) is 5.67. The molecule has 0 fully saturated rings. The predicted octanol–water partition coefficient (Wildman–Crippen LogP) is 1.25. The Morgan fingerprint density at radius 1 is 1.37 bits per heavy atom. The van der Waals surface area contributed by atoms with E-state index in [1.165, 1.54) is 16.2 Å². The Bertz CT molecular complexity index is 1130. The SMILES string of the molecule is Cn1c(=O)[nH]c(=O)c2c1nc(N/N=C\C(Br)=C\c1ccccc1)n2CCO. The molecule has 0 unspecified atom stereocenters. The minimum absolute atomic E-state index is 0.122. The lowest BCUT2D eigenvalue weighted by molar-refractivity contribution is 0.278. The molecule has 10 heteroatoms. The fraction of sp³-hybridized carbons (Fsp3) is 0.176. The number of aliphatic hydroxyl groups excluding tert-OH is 1. The Morgan fingerprint density at radius 3 is 2.81 bits per heavy atom. The van der Waals surface area contributed by atoms with E-state index in [2.05, 4.69) is 36.4 Å². The van der Waals surface area contributed by atoms with Gasteiger partial charge in [-0.05, 0) is 27.6 Å². The maximum Gasteiger partial charge on any atom is 0.329 e. The number of halogens is 1. The highest BCUT2D eigenvalue weighted by Crippen LogP contribution is 2.15. The number of H-pyrrole nitrogens is 1. The monoisotopic (exact) mass is 432 g/mol. The number of aromatic nitrogens is 4. The molecule has 0 saturated carbocycles. The van der Waals surface area contributed by atoms with Crippen molar-refractivity contribution < 1.29 is 5.11 Å². The van der Waals surface area contributed by atoms with Crippen LogP contribution in [0.4, 0.5) is 5.95 Å². The van der Waals surface area contributed by atoms with Gasteiger partial charge < -0.3 is 9.67 Å². The summed E-state index contributed by atoms with van der Waals surface area (Å²) in [6.45, 7) is -0.0829. The van der Waals surface area contributed by atoms with Gasteiger partial charge in [-0.2, -0.15) is 10.1 Å². The van der Waals surface area contributed by atoms with E-state index in [9.17, 15) is 14.7 Å². The van der Waals surface area contributed by atoms with Crippen LogP contribution in [0.1, 0.15) is 5.56 Å². The molecule has 3 aromatic rings. The summed E-state index contributed by atoms with van der Waals surface area (Å²) in [6, 6.07) is 9.70. The average molecular weight is 433 g/mol. The third-order valence-electron chi connectivity index (χ3n) is 3.79. The highest BCUT2D eigenvalue weighted by molar-refractivity contribution is 9.12. The smallest absolute Gasteiger partial charge is 0.329 e. The molecule has 3 N–H and O–H groups in total. The first-order chi connectivity index (χ1) is 13.0. The second kappa shape index (κ2) is 8.14. The van der Waals surface area contributed by atoms with Gasteiger partial charge in [0.15, 0.2) is 11.2 Å². The number of hydrazone groups is 1. The van der Waals surface area contributed by atoms with Gasteiger partial charge in [0.05, 0.1) is 12.8 Å². The van der Waals surface area contributed by atoms with Crippen molar-refractivity contribution >= 4 is 45.3 Å². The van der Waals surface area contributed by atoms with Crippen LogP contribution >= 0.6 is 15.9 Å². The molecule has 0 spiro atoms. The van der Waals surface area contributed by atoms with Crippen molar-refractivity contribution in [1.29, 1.82) is 0 Å². The first-order valence-electron chi connectivity index (χ1n) is 8.03. The summed E-state index contributed by atoms with van der Waals surface area (Å²) in [4.78, 5) is 30.4. The highest BCUT2D eigenvalue weighted by Gasteiger charge is 2.16. The summed E-state index contributed by atoms with van der Waals surface area (Å²) in [5, 5.41) is 13.4. The number of fused-ring (bicyclic) bond motifs is 1. The molecule has 27 heavy (non-hydrogen) atoms. The van der Waals surface area contributed by atoms with E-state index in [1.807, 2.05) is 36.4 Å². The first-order valence-corrected chi connectivity index (χ1v) is 8.82. The topological polar surface area (TPSA) is 117 Å². The van der Waals surface area contributed by atoms with Gasteiger partial charge in [-0.15, -0.1) is 0 Å². The Balaban J connectivity index is 1.93. The zero-order chi connectivity index (χ0) is 19.4. The van der Waals surface area contributed by atoms with E-state index in [0.717, 1.165) is 10.0 Å².